The molecule has 1 rings (SSSR count). The van der Waals surface area contributed by atoms with Gasteiger partial charge in [-0.05, 0) is 28.3 Å². The van der Waals surface area contributed by atoms with Crippen LogP contribution in [-0.2, 0) is 0 Å². The average molecular weight is 203 g/mol. The van der Waals surface area contributed by atoms with E-state index in [1.807, 2.05) is 0 Å². The first-order valence-electron chi connectivity index (χ1n) is 1.78. The molecule has 1 aliphatic heterocycles. The number of allylic oxidation sites excluding steroid dienone is 1. The molecule has 0 fully saturated rings. The fourth-order valence-corrected chi connectivity index (χ4v) is 0.590. The summed E-state index contributed by atoms with van der Waals surface area (Å²) in [6.07, 6.45) is 3.32. The van der Waals surface area contributed by atoms with Gasteiger partial charge in [-0.2, -0.15) is 0 Å². The van der Waals surface area contributed by atoms with E-state index in [0.717, 1.165) is 3.58 Å². The molecule has 7 heavy (non-hydrogen) atoms. The number of halogens is 1. The normalized spacial score (nSPS) is 14.7. The van der Waals surface area contributed by atoms with Crippen molar-refractivity contribution in [2.24, 2.45) is 4.99 Å². The predicted octanol–water partition coefficient (Wildman–Crippen LogP) is 1.66. The minimum Gasteiger partial charge on any atom is -0.254 e. The molecule has 0 amide bonds. The van der Waals surface area contributed by atoms with Gasteiger partial charge in [0.2, 0.25) is 0 Å². The lowest BCUT2D eigenvalue weighted by Crippen LogP contribution is -1.68. The Kier molecular flexibility index (Phi) is 1.47. The summed E-state index contributed by atoms with van der Waals surface area (Å²) in [5.41, 5.74) is 5.55. The Hall–Kier alpha value is -0.300. The van der Waals surface area contributed by atoms with Crippen LogP contribution in [0, 0.1) is 0 Å². The monoisotopic (exact) mass is 203 g/mol. The van der Waals surface area contributed by atoms with Gasteiger partial charge in [-0.1, -0.05) is 5.73 Å². The summed E-state index contributed by atoms with van der Waals surface area (Å²) >= 11 is 2.13. The van der Waals surface area contributed by atoms with Gasteiger partial charge in [0.25, 0.3) is 0 Å². The molecule has 0 spiro atoms. The summed E-state index contributed by atoms with van der Waals surface area (Å²) in [6, 6.07) is 0. The van der Waals surface area contributed by atoms with Crippen LogP contribution in [0.4, 0.5) is 0 Å². The van der Waals surface area contributed by atoms with E-state index in [0.29, 0.717) is 0 Å². The van der Waals surface area contributed by atoms with Crippen molar-refractivity contribution in [2.45, 2.75) is 0 Å². The van der Waals surface area contributed by atoms with Gasteiger partial charge in [-0.3, -0.25) is 4.99 Å². The van der Waals surface area contributed by atoms with Crippen LogP contribution in [0.2, 0.25) is 0 Å². The average Bonchev–Trinajstić information content (AvgIpc) is 1.69. The Labute approximate surface area is 55.3 Å². The van der Waals surface area contributed by atoms with E-state index in [9.17, 15) is 0 Å². The molecule has 0 radical (unpaired) electrons. The summed E-state index contributed by atoms with van der Waals surface area (Å²) in [6.45, 7) is 0. The molecule has 34 valence electrons. The number of aliphatic imine (C=N–C) groups is 1. The first-order chi connectivity index (χ1) is 3.39. The third kappa shape index (κ3) is 1.32. The second kappa shape index (κ2) is 2.12. The van der Waals surface area contributed by atoms with E-state index >= 15 is 0 Å². The van der Waals surface area contributed by atoms with E-state index in [1.165, 1.54) is 0 Å². The van der Waals surface area contributed by atoms with Crippen molar-refractivity contribution < 1.29 is 0 Å². The first kappa shape index (κ1) is 4.85. The van der Waals surface area contributed by atoms with Crippen molar-refractivity contribution in [1.82, 2.24) is 0 Å². The fourth-order valence-electron chi connectivity index (χ4n) is 0.273. The summed E-state index contributed by atoms with van der Waals surface area (Å²) in [5, 5.41) is 0. The van der Waals surface area contributed by atoms with Gasteiger partial charge in [0.1, 0.15) is 0 Å². The highest BCUT2D eigenvalue weighted by Gasteiger charge is 1.79. The zero-order chi connectivity index (χ0) is 5.11. The van der Waals surface area contributed by atoms with Gasteiger partial charge >= 0.3 is 0 Å². The molecular formula is C5H2IN. The molecule has 0 saturated carbocycles. The van der Waals surface area contributed by atoms with Crippen LogP contribution in [0.5, 0.6) is 0 Å². The Bertz CT molecular complexity index is 190. The smallest absolute Gasteiger partial charge is 0.0815 e. The Morgan fingerprint density at radius 3 is 2.86 bits per heavy atom. The maximum Gasteiger partial charge on any atom is 0.0815 e. The van der Waals surface area contributed by atoms with Crippen molar-refractivity contribution in [3.05, 3.63) is 21.2 Å². The van der Waals surface area contributed by atoms with Gasteiger partial charge in [0.05, 0.1) is 9.78 Å². The highest BCUT2D eigenvalue weighted by Crippen LogP contribution is 2.00. The fraction of sp³-hybridized carbons (Fsp3) is 0. The number of hydrogen-bond acceptors (Lipinski definition) is 1. The zero-order valence-corrected chi connectivity index (χ0v) is 5.64. The zero-order valence-electron chi connectivity index (χ0n) is 3.48. The molecule has 1 heterocycles. The van der Waals surface area contributed by atoms with E-state index in [-0.39, 0.29) is 0 Å². The summed E-state index contributed by atoms with van der Waals surface area (Å²) < 4.78 is 1.00. The third-order valence-corrected chi connectivity index (χ3v) is 1.07. The second-order valence-corrected chi connectivity index (χ2v) is 2.19. The lowest BCUT2D eigenvalue weighted by atomic mass is 10.6. The molecule has 1 aliphatic rings. The number of rotatable bonds is 0. The number of hydrogen-bond donors (Lipinski definition) is 0. The van der Waals surface area contributed by atoms with Crippen LogP contribution in [0.25, 0.3) is 0 Å². The Morgan fingerprint density at radius 2 is 2.57 bits per heavy atom. The second-order valence-electron chi connectivity index (χ2n) is 1.02. The van der Waals surface area contributed by atoms with Crippen LogP contribution in [-0.4, -0.2) is 6.21 Å². The van der Waals surface area contributed by atoms with Crippen LogP contribution in [0.3, 0.4) is 0 Å². The van der Waals surface area contributed by atoms with Gasteiger partial charge in [0, 0.05) is 6.21 Å². The van der Waals surface area contributed by atoms with E-state index in [2.05, 4.69) is 39.0 Å². The minimum atomic E-state index is 1.00. The molecule has 1 nitrogen and oxygen atoms in total. The highest BCUT2D eigenvalue weighted by molar-refractivity contribution is 14.1. The molecule has 0 aromatic rings. The quantitative estimate of drug-likeness (QED) is 0.419. The summed E-state index contributed by atoms with van der Waals surface area (Å²) in [4.78, 5) is 3.79. The van der Waals surface area contributed by atoms with Gasteiger partial charge < -0.3 is 0 Å². The molecule has 0 aliphatic carbocycles. The third-order valence-electron chi connectivity index (χ3n) is 0.519. The topological polar surface area (TPSA) is 12.4 Å². The van der Waals surface area contributed by atoms with Crippen molar-refractivity contribution >= 4 is 28.8 Å². The summed E-state index contributed by atoms with van der Waals surface area (Å²) in [5.74, 6) is 0. The highest BCUT2D eigenvalue weighted by atomic mass is 127. The van der Waals surface area contributed by atoms with Crippen molar-refractivity contribution in [1.29, 1.82) is 0 Å². The molecule has 0 saturated heterocycles. The Morgan fingerprint density at radius 1 is 1.71 bits per heavy atom. The molecule has 0 atom stereocenters. The van der Waals surface area contributed by atoms with Crippen molar-refractivity contribution in [3.63, 3.8) is 0 Å². The SMILES string of the molecule is IC1=C=C=CN=C1. The van der Waals surface area contributed by atoms with Gasteiger partial charge in [0.15, 0.2) is 0 Å². The lowest BCUT2D eigenvalue weighted by Gasteiger charge is -1.78. The lowest BCUT2D eigenvalue weighted by molar-refractivity contribution is 1.60. The minimum absolute atomic E-state index is 1.00. The molecule has 0 bridgehead atoms. The van der Waals surface area contributed by atoms with Crippen LogP contribution in [0.1, 0.15) is 0 Å². The maximum absolute atomic E-state index is 3.79. The molecular weight excluding hydrogens is 201 g/mol. The molecule has 0 aromatic heterocycles. The van der Waals surface area contributed by atoms with Crippen LogP contribution < -0.4 is 0 Å². The molecule has 0 N–H and O–H groups in total. The molecule has 0 unspecified atom stereocenters. The predicted molar refractivity (Wildman–Crippen MR) is 37.6 cm³/mol. The van der Waals surface area contributed by atoms with Crippen LogP contribution >= 0.6 is 22.6 Å². The van der Waals surface area contributed by atoms with Crippen molar-refractivity contribution in [2.75, 3.05) is 0 Å². The molecule has 2 heteroatoms. The standard InChI is InChI=1S/C5H2IN/c6-5-2-1-3-7-4-5/h3-4H. The molecule has 0 aromatic carbocycles. The van der Waals surface area contributed by atoms with E-state index in [4.69, 9.17) is 0 Å². The van der Waals surface area contributed by atoms with E-state index in [1.54, 1.807) is 12.4 Å². The summed E-state index contributed by atoms with van der Waals surface area (Å²) in [7, 11) is 0. The Balaban J connectivity index is 3.14. The largest absolute Gasteiger partial charge is 0.254 e. The van der Waals surface area contributed by atoms with Gasteiger partial charge in [-0.15, -0.1) is 0 Å². The van der Waals surface area contributed by atoms with Crippen LogP contribution in [0.15, 0.2) is 26.2 Å². The first-order valence-corrected chi connectivity index (χ1v) is 2.86. The maximum atomic E-state index is 3.79. The van der Waals surface area contributed by atoms with Gasteiger partial charge in [-0.25, -0.2) is 0 Å². The van der Waals surface area contributed by atoms with E-state index < -0.39 is 0 Å². The van der Waals surface area contributed by atoms with Crippen molar-refractivity contribution in [3.8, 4) is 0 Å². The number of nitrogens with zero attached hydrogens (tertiary/aromatic N) is 1.